The maximum Gasteiger partial charge on any atom is 0.335 e. The number of benzene rings is 2. The number of Topliss-reactive ketones (excluding diaryl/α,β-unsaturated/α-hetero) is 2. The Balaban J connectivity index is 1.80. The highest BCUT2D eigenvalue weighted by Crippen LogP contribution is 2.43. The number of aliphatic hydroxyl groups excluding tert-OH is 3. The summed E-state index contributed by atoms with van der Waals surface area (Å²) in [4.78, 5) is 36.5. The average Bonchev–Trinajstić information content (AvgIpc) is 2.84. The molecule has 0 aliphatic carbocycles. The molecule has 14 heteroatoms. The summed E-state index contributed by atoms with van der Waals surface area (Å²) in [5.74, 6) is -6.96. The smallest absolute Gasteiger partial charge is 0.335 e. The first-order valence-corrected chi connectivity index (χ1v) is 10.6. The third-order valence-electron chi connectivity index (χ3n) is 5.55. The van der Waals surface area contributed by atoms with Crippen LogP contribution in [0.4, 0.5) is 0 Å². The molecule has 0 bridgehead atoms. The summed E-state index contributed by atoms with van der Waals surface area (Å²) in [7, 11) is 2.33. The van der Waals surface area contributed by atoms with E-state index < -0.39 is 83.2 Å². The van der Waals surface area contributed by atoms with E-state index in [1.165, 1.54) is 25.3 Å². The number of ketones is 2. The van der Waals surface area contributed by atoms with Crippen molar-refractivity contribution in [3.05, 3.63) is 35.4 Å². The van der Waals surface area contributed by atoms with Gasteiger partial charge in [0, 0.05) is 12.5 Å². The van der Waals surface area contributed by atoms with Crippen LogP contribution in [0.2, 0.25) is 0 Å². The number of carboxylic acid groups (broad SMARTS) is 1. The molecule has 0 radical (unpaired) electrons. The van der Waals surface area contributed by atoms with Crippen molar-refractivity contribution >= 4 is 17.5 Å². The molecule has 1 fully saturated rings. The minimum absolute atomic E-state index is 0.0296. The van der Waals surface area contributed by atoms with Gasteiger partial charge >= 0.3 is 5.97 Å². The van der Waals surface area contributed by atoms with E-state index in [1.54, 1.807) is 0 Å². The molecule has 2 aromatic carbocycles. The third-order valence-corrected chi connectivity index (χ3v) is 5.55. The summed E-state index contributed by atoms with van der Waals surface area (Å²) >= 11 is 0. The fraction of sp³-hybridized carbons (Fsp3) is 0.348. The zero-order chi connectivity index (χ0) is 27.6. The summed E-state index contributed by atoms with van der Waals surface area (Å²) in [6, 6.07) is 4.61. The van der Waals surface area contributed by atoms with Crippen LogP contribution in [-0.4, -0.2) is 98.2 Å². The third kappa shape index (κ3) is 5.36. The lowest BCUT2D eigenvalue weighted by atomic mass is 9.98. The van der Waals surface area contributed by atoms with Gasteiger partial charge in [-0.1, -0.05) is 6.07 Å². The Bertz CT molecular complexity index is 1210. The summed E-state index contributed by atoms with van der Waals surface area (Å²) in [5.41, 5.74) is -0.542. The van der Waals surface area contributed by atoms with E-state index >= 15 is 0 Å². The number of ether oxygens (including phenoxy) is 4. The topological polar surface area (TPSA) is 230 Å². The van der Waals surface area contributed by atoms with E-state index in [2.05, 4.69) is 0 Å². The SMILES string of the molecule is COc1cc(CC(=O)C(=O)c2c(O)cc(O)c(OC)c2O)ccc1OC1OC(C(=O)O)C(O)C(O)C1O. The van der Waals surface area contributed by atoms with Crippen molar-refractivity contribution < 1.29 is 69.1 Å². The van der Waals surface area contributed by atoms with Gasteiger partial charge in [0.2, 0.25) is 23.6 Å². The lowest BCUT2D eigenvalue weighted by molar-refractivity contribution is -0.271. The molecule has 1 heterocycles. The second-order valence-electron chi connectivity index (χ2n) is 7.94. The molecule has 0 amide bonds. The van der Waals surface area contributed by atoms with E-state index in [-0.39, 0.29) is 17.1 Å². The number of aliphatic carboxylic acids is 1. The molecule has 2 aromatic rings. The van der Waals surface area contributed by atoms with E-state index in [1.807, 2.05) is 0 Å². The lowest BCUT2D eigenvalue weighted by Gasteiger charge is -2.38. The Morgan fingerprint density at radius 1 is 0.892 bits per heavy atom. The highest BCUT2D eigenvalue weighted by atomic mass is 16.7. The molecule has 200 valence electrons. The Hall–Kier alpha value is -4.11. The average molecular weight is 524 g/mol. The fourth-order valence-electron chi connectivity index (χ4n) is 3.65. The summed E-state index contributed by atoms with van der Waals surface area (Å²) < 4.78 is 20.5. The van der Waals surface area contributed by atoms with Gasteiger partial charge in [-0.25, -0.2) is 4.79 Å². The van der Waals surface area contributed by atoms with Gasteiger partial charge in [-0.3, -0.25) is 9.59 Å². The number of rotatable bonds is 9. The van der Waals surface area contributed by atoms with Crippen LogP contribution in [0.15, 0.2) is 24.3 Å². The molecule has 5 atom stereocenters. The molecule has 1 aliphatic heterocycles. The van der Waals surface area contributed by atoms with Crippen molar-refractivity contribution in [3.8, 4) is 34.5 Å². The van der Waals surface area contributed by atoms with Gasteiger partial charge in [-0.2, -0.15) is 0 Å². The van der Waals surface area contributed by atoms with Crippen LogP contribution in [0.3, 0.4) is 0 Å². The Kier molecular flexibility index (Phi) is 8.08. The van der Waals surface area contributed by atoms with Crippen LogP contribution in [0, 0.1) is 0 Å². The summed E-state index contributed by atoms with van der Waals surface area (Å²) in [6.07, 6.45) is -9.74. The van der Waals surface area contributed by atoms with Gasteiger partial charge in [-0.05, 0) is 17.7 Å². The zero-order valence-corrected chi connectivity index (χ0v) is 19.4. The van der Waals surface area contributed by atoms with Crippen LogP contribution in [0.5, 0.6) is 34.5 Å². The first-order valence-electron chi connectivity index (χ1n) is 10.6. The molecule has 37 heavy (non-hydrogen) atoms. The molecule has 0 aromatic heterocycles. The van der Waals surface area contributed by atoms with Crippen molar-refractivity contribution in [2.45, 2.75) is 37.1 Å². The maximum atomic E-state index is 12.6. The number of hydrogen-bond acceptors (Lipinski definition) is 13. The number of carbonyl (C=O) groups is 3. The number of aliphatic hydroxyl groups is 3. The standard InChI is InChI=1S/C23H24O14/c1-34-13-6-8(5-10(25)15(27)14-9(24)7-11(26)20(35-2)16(14)28)3-4-12(13)36-23-19(31)17(29)18(30)21(37-23)22(32)33/h3-4,6-7,17-19,21,23-24,26,28-31H,5H2,1-2H3,(H,32,33). The number of phenolic OH excluding ortho intramolecular Hbond substituents is 3. The summed E-state index contributed by atoms with van der Waals surface area (Å²) in [5, 5.41) is 68.8. The minimum atomic E-state index is -1.91. The van der Waals surface area contributed by atoms with E-state index in [0.29, 0.717) is 0 Å². The summed E-state index contributed by atoms with van der Waals surface area (Å²) in [6.45, 7) is 0. The monoisotopic (exact) mass is 524 g/mol. The van der Waals surface area contributed by atoms with Gasteiger partial charge in [-0.15, -0.1) is 0 Å². The Labute approximate surface area is 208 Å². The first-order chi connectivity index (χ1) is 17.4. The highest BCUT2D eigenvalue weighted by Gasteiger charge is 2.48. The van der Waals surface area contributed by atoms with Crippen LogP contribution in [0.1, 0.15) is 15.9 Å². The van der Waals surface area contributed by atoms with Gasteiger partial charge in [0.05, 0.1) is 14.2 Å². The molecular weight excluding hydrogens is 500 g/mol. The minimum Gasteiger partial charge on any atom is -0.507 e. The molecule has 7 N–H and O–H groups in total. The number of hydrogen-bond donors (Lipinski definition) is 7. The number of carbonyl (C=O) groups excluding carboxylic acids is 2. The van der Waals surface area contributed by atoms with Crippen LogP contribution in [0.25, 0.3) is 0 Å². The Morgan fingerprint density at radius 2 is 1.57 bits per heavy atom. The number of methoxy groups -OCH3 is 2. The Morgan fingerprint density at radius 3 is 2.16 bits per heavy atom. The second kappa shape index (κ2) is 10.9. The number of carboxylic acids is 1. The quantitative estimate of drug-likeness (QED) is 0.156. The largest absolute Gasteiger partial charge is 0.507 e. The molecule has 1 aliphatic rings. The molecule has 1 saturated heterocycles. The van der Waals surface area contributed by atoms with Crippen molar-refractivity contribution in [1.82, 2.24) is 0 Å². The van der Waals surface area contributed by atoms with Gasteiger partial charge < -0.3 is 54.7 Å². The number of aromatic hydroxyl groups is 3. The van der Waals surface area contributed by atoms with Gasteiger partial charge in [0.25, 0.3) is 0 Å². The number of phenols is 3. The first kappa shape index (κ1) is 27.5. The van der Waals surface area contributed by atoms with E-state index in [9.17, 15) is 45.0 Å². The van der Waals surface area contributed by atoms with Crippen molar-refractivity contribution in [2.24, 2.45) is 0 Å². The molecule has 3 rings (SSSR count). The maximum absolute atomic E-state index is 12.6. The predicted molar refractivity (Wildman–Crippen MR) is 119 cm³/mol. The predicted octanol–water partition coefficient (Wildman–Crippen LogP) is -0.914. The van der Waals surface area contributed by atoms with Crippen LogP contribution >= 0.6 is 0 Å². The fourth-order valence-corrected chi connectivity index (χ4v) is 3.65. The van der Waals surface area contributed by atoms with E-state index in [4.69, 9.17) is 24.1 Å². The highest BCUT2D eigenvalue weighted by molar-refractivity contribution is 6.45. The molecule has 5 unspecified atom stereocenters. The van der Waals surface area contributed by atoms with Gasteiger partial charge in [0.1, 0.15) is 29.6 Å². The molecule has 0 spiro atoms. The van der Waals surface area contributed by atoms with Crippen molar-refractivity contribution in [2.75, 3.05) is 14.2 Å². The van der Waals surface area contributed by atoms with Crippen LogP contribution < -0.4 is 14.2 Å². The van der Waals surface area contributed by atoms with Crippen LogP contribution in [-0.2, 0) is 20.7 Å². The lowest BCUT2D eigenvalue weighted by Crippen LogP contribution is -2.61. The normalized spacial score (nSPS) is 23.2. The molecule has 14 nitrogen and oxygen atoms in total. The molecular formula is C23H24O14. The van der Waals surface area contributed by atoms with Crippen molar-refractivity contribution in [1.29, 1.82) is 0 Å². The van der Waals surface area contributed by atoms with E-state index in [0.717, 1.165) is 13.2 Å². The molecule has 0 saturated carbocycles. The van der Waals surface area contributed by atoms with Gasteiger partial charge in [0.15, 0.2) is 29.1 Å². The second-order valence-corrected chi connectivity index (χ2v) is 7.94. The zero-order valence-electron chi connectivity index (χ0n) is 19.4. The van der Waals surface area contributed by atoms with Crippen molar-refractivity contribution in [3.63, 3.8) is 0 Å².